The highest BCUT2D eigenvalue weighted by atomic mass is 16.3. The summed E-state index contributed by atoms with van der Waals surface area (Å²) in [5, 5.41) is 19.5. The van der Waals surface area contributed by atoms with E-state index in [0.717, 1.165) is 23.6 Å². The average molecular weight is 458 g/mol. The minimum atomic E-state index is -0.00936. The van der Waals surface area contributed by atoms with Gasteiger partial charge in [0.15, 0.2) is 0 Å². The fraction of sp³-hybridized carbons (Fsp3) is 0.419. The minimum Gasteiger partial charge on any atom is -0.396 e. The molecule has 0 atom stereocenters. The Bertz CT molecular complexity index is 1010. The van der Waals surface area contributed by atoms with Gasteiger partial charge in [0.2, 0.25) is 0 Å². The maximum absolute atomic E-state index is 9.84. The Morgan fingerprint density at radius 1 is 0.941 bits per heavy atom. The lowest BCUT2D eigenvalue weighted by molar-refractivity contribution is 0.203. The van der Waals surface area contributed by atoms with Gasteiger partial charge in [-0.25, -0.2) is 0 Å². The molecule has 1 aliphatic carbocycles. The summed E-state index contributed by atoms with van der Waals surface area (Å²) in [6, 6.07) is 20.4. The number of aliphatic hydroxyl groups is 2. The molecule has 3 nitrogen and oxygen atoms in total. The Morgan fingerprint density at radius 2 is 1.68 bits per heavy atom. The van der Waals surface area contributed by atoms with E-state index in [1.165, 1.54) is 61.0 Å². The maximum atomic E-state index is 9.84. The van der Waals surface area contributed by atoms with Crippen molar-refractivity contribution in [1.29, 1.82) is 0 Å². The fourth-order valence-corrected chi connectivity index (χ4v) is 5.34. The molecule has 2 fully saturated rings. The number of piperidine rings is 1. The number of benzene rings is 2. The van der Waals surface area contributed by atoms with Gasteiger partial charge in [-0.3, -0.25) is 0 Å². The van der Waals surface area contributed by atoms with E-state index < -0.39 is 0 Å². The van der Waals surface area contributed by atoms with Gasteiger partial charge in [0.25, 0.3) is 0 Å². The Balaban J connectivity index is 1.76. The fourth-order valence-electron chi connectivity index (χ4n) is 5.34. The molecule has 0 bridgehead atoms. The molecule has 0 unspecified atom stereocenters. The predicted octanol–water partition coefficient (Wildman–Crippen LogP) is 6.21. The molecule has 1 saturated heterocycles. The maximum Gasteiger partial charge on any atom is 0.0621 e. The van der Waals surface area contributed by atoms with Gasteiger partial charge < -0.3 is 15.1 Å². The van der Waals surface area contributed by atoms with Gasteiger partial charge >= 0.3 is 0 Å². The van der Waals surface area contributed by atoms with Crippen LogP contribution >= 0.6 is 0 Å². The first-order chi connectivity index (χ1) is 16.7. The van der Waals surface area contributed by atoms with Crippen molar-refractivity contribution in [3.8, 4) is 0 Å². The lowest BCUT2D eigenvalue weighted by atomic mass is 9.83. The van der Waals surface area contributed by atoms with Gasteiger partial charge in [0, 0.05) is 12.6 Å². The molecule has 1 aliphatic heterocycles. The molecule has 2 N–H and O–H groups in total. The molecular formula is C31H39NO2. The van der Waals surface area contributed by atoms with Gasteiger partial charge in [0.05, 0.1) is 6.61 Å². The number of hydrogen-bond donors (Lipinski definition) is 2. The number of rotatable bonds is 10. The van der Waals surface area contributed by atoms with E-state index in [9.17, 15) is 10.2 Å². The van der Waals surface area contributed by atoms with Crippen molar-refractivity contribution in [2.45, 2.75) is 57.4 Å². The van der Waals surface area contributed by atoms with Crippen molar-refractivity contribution in [3.63, 3.8) is 0 Å². The molecule has 0 aromatic heterocycles. The molecule has 2 aromatic rings. The Kier molecular flexibility index (Phi) is 8.92. The van der Waals surface area contributed by atoms with Gasteiger partial charge in [-0.05, 0) is 97.9 Å². The summed E-state index contributed by atoms with van der Waals surface area (Å²) in [4.78, 5) is 2.68. The van der Waals surface area contributed by atoms with Crippen LogP contribution in [-0.2, 0) is 0 Å². The second-order valence-corrected chi connectivity index (χ2v) is 9.56. The summed E-state index contributed by atoms with van der Waals surface area (Å²) in [5.74, 6) is 0.598. The van der Waals surface area contributed by atoms with E-state index in [1.54, 1.807) is 0 Å². The summed E-state index contributed by atoms with van der Waals surface area (Å²) in [5.41, 5.74) is 7.18. The SMILES string of the molecule is C\C=C/C(=C\CO)C(=C(\CCCO)c1ccccc1)/c1cccc(C2CCN(C3CC3)CC2)c1. The van der Waals surface area contributed by atoms with Crippen molar-refractivity contribution < 1.29 is 10.2 Å². The zero-order valence-electron chi connectivity index (χ0n) is 20.5. The normalized spacial score (nSPS) is 19.0. The van der Waals surface area contributed by atoms with Crippen LogP contribution in [0.15, 0.2) is 78.4 Å². The summed E-state index contributed by atoms with van der Waals surface area (Å²) < 4.78 is 0. The molecule has 2 aliphatic rings. The number of aliphatic hydroxyl groups excluding tert-OH is 2. The van der Waals surface area contributed by atoms with E-state index in [0.29, 0.717) is 12.3 Å². The quantitative estimate of drug-likeness (QED) is 0.329. The van der Waals surface area contributed by atoms with Crippen molar-refractivity contribution >= 4 is 11.1 Å². The minimum absolute atomic E-state index is 0.00936. The second kappa shape index (κ2) is 12.3. The van der Waals surface area contributed by atoms with Crippen LogP contribution in [0.4, 0.5) is 0 Å². The Hall–Kier alpha value is -2.46. The summed E-state index contributed by atoms with van der Waals surface area (Å²) >= 11 is 0. The molecule has 0 radical (unpaired) electrons. The van der Waals surface area contributed by atoms with Crippen LogP contribution in [0.2, 0.25) is 0 Å². The molecule has 3 heteroatoms. The van der Waals surface area contributed by atoms with Gasteiger partial charge in [-0.2, -0.15) is 0 Å². The van der Waals surface area contributed by atoms with Crippen molar-refractivity contribution in [2.24, 2.45) is 0 Å². The summed E-state index contributed by atoms with van der Waals surface area (Å²) in [7, 11) is 0. The van der Waals surface area contributed by atoms with Gasteiger partial charge in [-0.1, -0.05) is 72.8 Å². The van der Waals surface area contributed by atoms with Crippen molar-refractivity contribution in [3.05, 3.63) is 95.1 Å². The topological polar surface area (TPSA) is 43.7 Å². The van der Waals surface area contributed by atoms with Crippen molar-refractivity contribution in [1.82, 2.24) is 4.90 Å². The zero-order valence-corrected chi connectivity index (χ0v) is 20.5. The van der Waals surface area contributed by atoms with Crippen LogP contribution in [0.5, 0.6) is 0 Å². The van der Waals surface area contributed by atoms with E-state index in [1.807, 2.05) is 25.1 Å². The smallest absolute Gasteiger partial charge is 0.0621 e. The third kappa shape index (κ3) is 6.15. The lowest BCUT2D eigenvalue weighted by Crippen LogP contribution is -2.34. The molecule has 34 heavy (non-hydrogen) atoms. The molecule has 2 aromatic carbocycles. The molecule has 0 spiro atoms. The lowest BCUT2D eigenvalue weighted by Gasteiger charge is -2.32. The Labute approximate surface area is 205 Å². The molecule has 180 valence electrons. The van der Waals surface area contributed by atoms with Crippen LogP contribution < -0.4 is 0 Å². The molecule has 1 heterocycles. The zero-order chi connectivity index (χ0) is 23.8. The highest BCUT2D eigenvalue weighted by Gasteiger charge is 2.32. The highest BCUT2D eigenvalue weighted by molar-refractivity contribution is 5.99. The van der Waals surface area contributed by atoms with E-state index in [2.05, 4.69) is 59.5 Å². The van der Waals surface area contributed by atoms with Gasteiger partial charge in [0.1, 0.15) is 0 Å². The van der Waals surface area contributed by atoms with Crippen LogP contribution in [0.3, 0.4) is 0 Å². The number of hydrogen-bond acceptors (Lipinski definition) is 3. The standard InChI is InChI=1S/C31H39NO2/c1-2-8-26(18-22-34)31(30(13-7-21-33)25-9-4-3-5-10-25)28-12-6-11-27(23-28)24-16-19-32(20-17-24)29-14-15-29/h2-6,8-12,18,23-24,29,33-34H,7,13-17,19-22H2,1H3/b8-2-,26-18+,31-30-. The average Bonchev–Trinajstić information content (AvgIpc) is 3.73. The first-order valence-electron chi connectivity index (χ1n) is 12.9. The number of allylic oxidation sites excluding steroid dienone is 5. The third-order valence-electron chi connectivity index (χ3n) is 7.19. The first kappa shape index (κ1) is 24.7. The van der Waals surface area contributed by atoms with E-state index in [4.69, 9.17) is 0 Å². The first-order valence-corrected chi connectivity index (χ1v) is 12.9. The van der Waals surface area contributed by atoms with Crippen LogP contribution in [0.1, 0.15) is 68.1 Å². The van der Waals surface area contributed by atoms with Crippen LogP contribution in [-0.4, -0.2) is 47.5 Å². The van der Waals surface area contributed by atoms with Crippen LogP contribution in [0.25, 0.3) is 11.1 Å². The van der Waals surface area contributed by atoms with Crippen LogP contribution in [0, 0.1) is 0 Å². The summed E-state index contributed by atoms with van der Waals surface area (Å²) in [6.07, 6.45) is 12.7. The Morgan fingerprint density at radius 3 is 2.32 bits per heavy atom. The molecule has 1 saturated carbocycles. The monoisotopic (exact) mass is 457 g/mol. The third-order valence-corrected chi connectivity index (χ3v) is 7.19. The second-order valence-electron chi connectivity index (χ2n) is 9.56. The van der Waals surface area contributed by atoms with Gasteiger partial charge in [-0.15, -0.1) is 0 Å². The highest BCUT2D eigenvalue weighted by Crippen LogP contribution is 2.39. The largest absolute Gasteiger partial charge is 0.396 e. The molecule has 4 rings (SSSR count). The predicted molar refractivity (Wildman–Crippen MR) is 143 cm³/mol. The van der Waals surface area contributed by atoms with E-state index in [-0.39, 0.29) is 13.2 Å². The molecule has 0 amide bonds. The van der Waals surface area contributed by atoms with E-state index >= 15 is 0 Å². The molecular weight excluding hydrogens is 418 g/mol. The number of likely N-dealkylation sites (tertiary alicyclic amines) is 1. The number of nitrogens with zero attached hydrogens (tertiary/aromatic N) is 1. The summed E-state index contributed by atoms with van der Waals surface area (Å²) in [6.45, 7) is 4.59. The van der Waals surface area contributed by atoms with Crippen molar-refractivity contribution in [2.75, 3.05) is 26.3 Å².